The Labute approximate surface area is 73.0 Å². The van der Waals surface area contributed by atoms with Gasteiger partial charge in [-0.25, -0.2) is 0 Å². The Bertz CT molecular complexity index is 200. The molecular formula is C10H16O2. The first-order chi connectivity index (χ1) is 5.71. The molecule has 2 fully saturated rings. The van der Waals surface area contributed by atoms with Gasteiger partial charge in [-0.3, -0.25) is 4.79 Å². The summed E-state index contributed by atoms with van der Waals surface area (Å²) < 4.78 is 0. The van der Waals surface area contributed by atoms with Crippen LogP contribution in [-0.2, 0) is 4.79 Å². The van der Waals surface area contributed by atoms with Crippen LogP contribution in [0.1, 0.15) is 44.9 Å². The topological polar surface area (TPSA) is 37.3 Å². The van der Waals surface area contributed by atoms with Crippen LogP contribution < -0.4 is 0 Å². The largest absolute Gasteiger partial charge is 0.389 e. The van der Waals surface area contributed by atoms with E-state index in [0.29, 0.717) is 18.8 Å². The predicted molar refractivity (Wildman–Crippen MR) is 45.8 cm³/mol. The second kappa shape index (κ2) is 2.84. The van der Waals surface area contributed by atoms with Crippen molar-refractivity contribution in [2.75, 3.05) is 0 Å². The quantitative estimate of drug-likeness (QED) is 0.597. The standard InChI is InChI=1S/C10H16O2/c11-9-5-4-8-3-1-2-6-10(8,12)7-9/h8,12H,1-7H2/t8-,10-/m0/s1. The number of hydrogen-bond donors (Lipinski definition) is 1. The van der Waals surface area contributed by atoms with E-state index in [9.17, 15) is 9.90 Å². The summed E-state index contributed by atoms with van der Waals surface area (Å²) in [5.74, 6) is 0.680. The first-order valence-electron chi connectivity index (χ1n) is 4.95. The lowest BCUT2D eigenvalue weighted by molar-refractivity contribution is -0.136. The highest BCUT2D eigenvalue weighted by molar-refractivity contribution is 5.80. The summed E-state index contributed by atoms with van der Waals surface area (Å²) >= 11 is 0. The van der Waals surface area contributed by atoms with Gasteiger partial charge in [-0.1, -0.05) is 12.8 Å². The highest BCUT2D eigenvalue weighted by atomic mass is 16.3. The minimum absolute atomic E-state index is 0.260. The van der Waals surface area contributed by atoms with Gasteiger partial charge >= 0.3 is 0 Å². The van der Waals surface area contributed by atoms with Crippen LogP contribution in [0, 0.1) is 5.92 Å². The van der Waals surface area contributed by atoms with Gasteiger partial charge in [0.15, 0.2) is 0 Å². The van der Waals surface area contributed by atoms with Crippen LogP contribution in [0.3, 0.4) is 0 Å². The van der Waals surface area contributed by atoms with Crippen molar-refractivity contribution in [1.29, 1.82) is 0 Å². The molecule has 0 heterocycles. The molecule has 2 aliphatic carbocycles. The molecule has 2 heteroatoms. The highest BCUT2D eigenvalue weighted by Crippen LogP contribution is 2.42. The third-order valence-electron chi connectivity index (χ3n) is 3.45. The van der Waals surface area contributed by atoms with Gasteiger partial charge in [-0.2, -0.15) is 0 Å². The fourth-order valence-electron chi connectivity index (χ4n) is 2.71. The number of ketones is 1. The van der Waals surface area contributed by atoms with E-state index in [4.69, 9.17) is 0 Å². The number of hydrogen-bond acceptors (Lipinski definition) is 2. The van der Waals surface area contributed by atoms with Gasteiger partial charge in [-0.15, -0.1) is 0 Å². The lowest BCUT2D eigenvalue weighted by atomic mass is 9.67. The van der Waals surface area contributed by atoms with Crippen molar-refractivity contribution in [2.24, 2.45) is 5.92 Å². The zero-order valence-electron chi connectivity index (χ0n) is 7.38. The molecule has 68 valence electrons. The molecule has 0 saturated heterocycles. The molecule has 0 spiro atoms. The minimum Gasteiger partial charge on any atom is -0.389 e. The fourth-order valence-corrected chi connectivity index (χ4v) is 2.71. The van der Waals surface area contributed by atoms with E-state index in [0.717, 1.165) is 25.7 Å². The summed E-state index contributed by atoms with van der Waals surface area (Å²) in [6.45, 7) is 0. The molecule has 2 nitrogen and oxygen atoms in total. The van der Waals surface area contributed by atoms with Gasteiger partial charge < -0.3 is 5.11 Å². The summed E-state index contributed by atoms with van der Waals surface area (Å²) in [6.07, 6.45) is 6.37. The number of rotatable bonds is 0. The molecule has 2 rings (SSSR count). The number of carbonyl (C=O) groups excluding carboxylic acids is 1. The molecule has 0 aromatic heterocycles. The van der Waals surface area contributed by atoms with Crippen LogP contribution in [-0.4, -0.2) is 16.5 Å². The van der Waals surface area contributed by atoms with E-state index < -0.39 is 5.60 Å². The summed E-state index contributed by atoms with van der Waals surface area (Å²) in [5.41, 5.74) is -0.604. The molecule has 0 aliphatic heterocycles. The van der Waals surface area contributed by atoms with E-state index >= 15 is 0 Å². The molecular weight excluding hydrogens is 152 g/mol. The maximum atomic E-state index is 11.2. The summed E-state index contributed by atoms with van der Waals surface area (Å²) in [7, 11) is 0. The summed E-state index contributed by atoms with van der Waals surface area (Å²) in [6, 6.07) is 0. The minimum atomic E-state index is -0.604. The number of fused-ring (bicyclic) bond motifs is 1. The third-order valence-corrected chi connectivity index (χ3v) is 3.45. The third kappa shape index (κ3) is 1.28. The van der Waals surface area contributed by atoms with Crippen molar-refractivity contribution >= 4 is 5.78 Å². The molecule has 0 unspecified atom stereocenters. The van der Waals surface area contributed by atoms with Crippen LogP contribution in [0.4, 0.5) is 0 Å². The second-order valence-corrected chi connectivity index (χ2v) is 4.30. The second-order valence-electron chi connectivity index (χ2n) is 4.30. The Kier molecular flexibility index (Phi) is 1.95. The molecule has 0 radical (unpaired) electrons. The maximum Gasteiger partial charge on any atom is 0.135 e. The van der Waals surface area contributed by atoms with Crippen LogP contribution in [0.2, 0.25) is 0 Å². The SMILES string of the molecule is O=C1CC[C@@H]2CCCC[C@]2(O)C1. The molecule has 2 saturated carbocycles. The molecule has 2 atom stereocenters. The predicted octanol–water partition coefficient (Wildman–Crippen LogP) is 1.66. The van der Waals surface area contributed by atoms with Gasteiger partial charge in [0.25, 0.3) is 0 Å². The van der Waals surface area contributed by atoms with Crippen molar-refractivity contribution in [1.82, 2.24) is 0 Å². The van der Waals surface area contributed by atoms with Crippen molar-refractivity contribution in [2.45, 2.75) is 50.5 Å². The Morgan fingerprint density at radius 2 is 2.17 bits per heavy atom. The number of aliphatic hydroxyl groups is 1. The first kappa shape index (κ1) is 8.24. The maximum absolute atomic E-state index is 11.2. The van der Waals surface area contributed by atoms with Crippen molar-refractivity contribution < 1.29 is 9.90 Å². The summed E-state index contributed by atoms with van der Waals surface area (Å²) in [5, 5.41) is 10.1. The van der Waals surface area contributed by atoms with Gasteiger partial charge in [0.2, 0.25) is 0 Å². The van der Waals surface area contributed by atoms with E-state index in [2.05, 4.69) is 0 Å². The van der Waals surface area contributed by atoms with Gasteiger partial charge in [-0.05, 0) is 25.2 Å². The van der Waals surface area contributed by atoms with Crippen LogP contribution in [0.15, 0.2) is 0 Å². The molecule has 0 bridgehead atoms. The summed E-state index contributed by atoms with van der Waals surface area (Å²) in [4.78, 5) is 11.2. The average Bonchev–Trinajstić information content (AvgIpc) is 2.02. The van der Waals surface area contributed by atoms with E-state index in [-0.39, 0.29) is 5.78 Å². The number of carbonyl (C=O) groups is 1. The lowest BCUT2D eigenvalue weighted by Crippen LogP contribution is -2.45. The fraction of sp³-hybridized carbons (Fsp3) is 0.900. The smallest absolute Gasteiger partial charge is 0.135 e. The van der Waals surface area contributed by atoms with E-state index in [1.165, 1.54) is 6.42 Å². The monoisotopic (exact) mass is 168 g/mol. The average molecular weight is 168 g/mol. The Morgan fingerprint density at radius 1 is 1.33 bits per heavy atom. The van der Waals surface area contributed by atoms with Crippen LogP contribution in [0.25, 0.3) is 0 Å². The lowest BCUT2D eigenvalue weighted by Gasteiger charge is -2.42. The Balaban J connectivity index is 2.12. The Morgan fingerprint density at radius 3 is 3.00 bits per heavy atom. The molecule has 2 aliphatic rings. The van der Waals surface area contributed by atoms with Gasteiger partial charge in [0.1, 0.15) is 5.78 Å². The Hall–Kier alpha value is -0.370. The van der Waals surface area contributed by atoms with Crippen molar-refractivity contribution in [3.63, 3.8) is 0 Å². The zero-order valence-corrected chi connectivity index (χ0v) is 7.38. The van der Waals surface area contributed by atoms with Gasteiger partial charge in [0, 0.05) is 12.8 Å². The van der Waals surface area contributed by atoms with E-state index in [1.807, 2.05) is 0 Å². The highest BCUT2D eigenvalue weighted by Gasteiger charge is 2.43. The molecule has 0 aromatic carbocycles. The van der Waals surface area contributed by atoms with Crippen molar-refractivity contribution in [3.8, 4) is 0 Å². The molecule has 12 heavy (non-hydrogen) atoms. The normalized spacial score (nSPS) is 42.4. The van der Waals surface area contributed by atoms with E-state index in [1.54, 1.807) is 0 Å². The number of Topliss-reactive ketones (excluding diaryl/α,β-unsaturated/α-hetero) is 1. The van der Waals surface area contributed by atoms with Gasteiger partial charge in [0.05, 0.1) is 5.60 Å². The molecule has 0 aromatic rings. The van der Waals surface area contributed by atoms with Crippen LogP contribution in [0.5, 0.6) is 0 Å². The zero-order chi connectivity index (χ0) is 8.60. The van der Waals surface area contributed by atoms with Crippen LogP contribution >= 0.6 is 0 Å². The molecule has 1 N–H and O–H groups in total. The molecule has 0 amide bonds. The first-order valence-corrected chi connectivity index (χ1v) is 4.95. The van der Waals surface area contributed by atoms with Crippen molar-refractivity contribution in [3.05, 3.63) is 0 Å².